The molecule has 0 spiro atoms. The van der Waals surface area contributed by atoms with Gasteiger partial charge in [0.25, 0.3) is 5.91 Å². The Kier molecular flexibility index (Phi) is 5.76. The second-order valence-corrected chi connectivity index (χ2v) is 4.87. The first-order valence-electron chi connectivity index (χ1n) is 6.34. The van der Waals surface area contributed by atoms with Crippen molar-refractivity contribution in [2.45, 2.75) is 25.8 Å². The minimum atomic E-state index is -0.345. The highest BCUT2D eigenvalue weighted by atomic mass is 35.5. The lowest BCUT2D eigenvalue weighted by Crippen LogP contribution is -2.40. The maximum absolute atomic E-state index is 13.3. The maximum Gasteiger partial charge on any atom is 0.254 e. The van der Waals surface area contributed by atoms with Crippen LogP contribution in [0.2, 0.25) is 0 Å². The van der Waals surface area contributed by atoms with Crippen LogP contribution in [0.15, 0.2) is 18.2 Å². The molecule has 1 amide bonds. The summed E-state index contributed by atoms with van der Waals surface area (Å²) in [6, 6.07) is 4.74. The molecule has 3 nitrogen and oxygen atoms in total. The number of nitrogens with one attached hydrogen (secondary N) is 1. The van der Waals surface area contributed by atoms with Gasteiger partial charge in [0.2, 0.25) is 0 Å². The zero-order chi connectivity index (χ0) is 13.1. The number of carbonyl (C=O) groups is 1. The van der Waals surface area contributed by atoms with Crippen LogP contribution in [-0.2, 0) is 0 Å². The molecule has 0 radical (unpaired) electrons. The molecule has 5 heteroatoms. The molecular weight excluding hydrogens is 267 g/mol. The maximum atomic E-state index is 13.3. The largest absolute Gasteiger partial charge is 0.334 e. The number of rotatable bonds is 3. The van der Waals surface area contributed by atoms with Crippen LogP contribution < -0.4 is 5.32 Å². The summed E-state index contributed by atoms with van der Waals surface area (Å²) in [6.45, 7) is 3.36. The molecule has 1 aromatic carbocycles. The third-order valence-electron chi connectivity index (χ3n) is 3.37. The van der Waals surface area contributed by atoms with Gasteiger partial charge in [-0.2, -0.15) is 0 Å². The lowest BCUT2D eigenvalue weighted by atomic mass is 10.1. The normalized spacial score (nSPS) is 18.3. The Labute approximate surface area is 119 Å². The van der Waals surface area contributed by atoms with E-state index in [1.54, 1.807) is 13.0 Å². The zero-order valence-electron chi connectivity index (χ0n) is 11.3. The molecule has 19 heavy (non-hydrogen) atoms. The molecule has 2 rings (SSSR count). The molecule has 0 saturated carbocycles. The van der Waals surface area contributed by atoms with Gasteiger partial charge in [-0.1, -0.05) is 0 Å². The fourth-order valence-corrected chi connectivity index (χ4v) is 2.58. The van der Waals surface area contributed by atoms with E-state index >= 15 is 0 Å². The third kappa shape index (κ3) is 3.67. The summed E-state index contributed by atoms with van der Waals surface area (Å²) in [7, 11) is 1.88. The predicted molar refractivity (Wildman–Crippen MR) is 76.4 cm³/mol. The Bertz CT molecular complexity index is 433. The van der Waals surface area contributed by atoms with Gasteiger partial charge >= 0.3 is 0 Å². The smallest absolute Gasteiger partial charge is 0.254 e. The van der Waals surface area contributed by atoms with Gasteiger partial charge in [-0.25, -0.2) is 4.39 Å². The second-order valence-electron chi connectivity index (χ2n) is 4.87. The first-order chi connectivity index (χ1) is 8.61. The molecule has 1 N–H and O–H groups in total. The number of nitrogens with zero attached hydrogens (tertiary/aromatic N) is 1. The summed E-state index contributed by atoms with van der Waals surface area (Å²) >= 11 is 0. The SMILES string of the molecule is CNCC1CCCN1C(=O)c1cc(C)cc(F)c1.Cl. The van der Waals surface area contributed by atoms with E-state index in [0.29, 0.717) is 5.56 Å². The van der Waals surface area contributed by atoms with Crippen LogP contribution in [0.5, 0.6) is 0 Å². The Morgan fingerprint density at radius 2 is 2.21 bits per heavy atom. The predicted octanol–water partition coefficient (Wildman–Crippen LogP) is 2.38. The number of likely N-dealkylation sites (N-methyl/N-ethyl adjacent to an activating group) is 1. The number of benzene rings is 1. The van der Waals surface area contributed by atoms with Crippen molar-refractivity contribution in [3.05, 3.63) is 35.1 Å². The summed E-state index contributed by atoms with van der Waals surface area (Å²) in [5.41, 5.74) is 1.23. The molecule has 1 atom stereocenters. The van der Waals surface area contributed by atoms with Crippen molar-refractivity contribution in [3.8, 4) is 0 Å². The van der Waals surface area contributed by atoms with E-state index in [1.165, 1.54) is 12.1 Å². The number of hydrogen-bond acceptors (Lipinski definition) is 2. The van der Waals surface area contributed by atoms with Crippen molar-refractivity contribution < 1.29 is 9.18 Å². The second kappa shape index (κ2) is 6.87. The van der Waals surface area contributed by atoms with E-state index in [4.69, 9.17) is 0 Å². The van der Waals surface area contributed by atoms with Crippen molar-refractivity contribution in [2.24, 2.45) is 0 Å². The highest BCUT2D eigenvalue weighted by molar-refractivity contribution is 5.94. The standard InChI is InChI=1S/C14H19FN2O.ClH/c1-10-6-11(8-12(15)7-10)14(18)17-5-3-4-13(17)9-16-2;/h6-8,13,16H,3-5,9H2,1-2H3;1H. The summed E-state index contributed by atoms with van der Waals surface area (Å²) < 4.78 is 13.3. The topological polar surface area (TPSA) is 32.3 Å². The van der Waals surface area contributed by atoms with E-state index in [9.17, 15) is 9.18 Å². The van der Waals surface area contributed by atoms with Gasteiger partial charge in [-0.3, -0.25) is 4.79 Å². The van der Waals surface area contributed by atoms with Gasteiger partial charge in [0.05, 0.1) is 0 Å². The van der Waals surface area contributed by atoms with Crippen LogP contribution in [0.25, 0.3) is 0 Å². The highest BCUT2D eigenvalue weighted by Crippen LogP contribution is 2.20. The fourth-order valence-electron chi connectivity index (χ4n) is 2.58. The molecule has 1 heterocycles. The molecule has 1 unspecified atom stereocenters. The highest BCUT2D eigenvalue weighted by Gasteiger charge is 2.28. The van der Waals surface area contributed by atoms with Crippen molar-refractivity contribution >= 4 is 18.3 Å². The fraction of sp³-hybridized carbons (Fsp3) is 0.500. The van der Waals surface area contributed by atoms with Crippen molar-refractivity contribution in [1.29, 1.82) is 0 Å². The zero-order valence-corrected chi connectivity index (χ0v) is 12.1. The van der Waals surface area contributed by atoms with E-state index in [-0.39, 0.29) is 30.2 Å². The molecule has 0 bridgehead atoms. The summed E-state index contributed by atoms with van der Waals surface area (Å²) in [5, 5.41) is 3.10. The summed E-state index contributed by atoms with van der Waals surface area (Å²) in [5.74, 6) is -0.405. The first kappa shape index (κ1) is 15.9. The lowest BCUT2D eigenvalue weighted by molar-refractivity contribution is 0.0736. The molecular formula is C14H20ClFN2O. The van der Waals surface area contributed by atoms with Crippen LogP contribution in [0.1, 0.15) is 28.8 Å². The van der Waals surface area contributed by atoms with Crippen LogP contribution in [0, 0.1) is 12.7 Å². The number of carbonyl (C=O) groups excluding carboxylic acids is 1. The average molecular weight is 287 g/mol. The van der Waals surface area contributed by atoms with Crippen LogP contribution in [0.3, 0.4) is 0 Å². The van der Waals surface area contributed by atoms with E-state index in [1.807, 2.05) is 11.9 Å². The van der Waals surface area contributed by atoms with E-state index in [0.717, 1.165) is 31.5 Å². The molecule has 1 saturated heterocycles. The Morgan fingerprint density at radius 1 is 1.47 bits per heavy atom. The third-order valence-corrected chi connectivity index (χ3v) is 3.37. The Morgan fingerprint density at radius 3 is 2.84 bits per heavy atom. The van der Waals surface area contributed by atoms with Gasteiger partial charge in [-0.05, 0) is 50.6 Å². The first-order valence-corrected chi connectivity index (χ1v) is 6.34. The minimum absolute atomic E-state index is 0. The average Bonchev–Trinajstić information content (AvgIpc) is 2.75. The van der Waals surface area contributed by atoms with E-state index < -0.39 is 0 Å². The molecule has 1 aliphatic heterocycles. The van der Waals surface area contributed by atoms with Crippen molar-refractivity contribution in [2.75, 3.05) is 20.1 Å². The molecule has 106 valence electrons. The number of likely N-dealkylation sites (tertiary alicyclic amines) is 1. The molecule has 0 aliphatic carbocycles. The Hall–Kier alpha value is -1.13. The van der Waals surface area contributed by atoms with Crippen molar-refractivity contribution in [1.82, 2.24) is 10.2 Å². The van der Waals surface area contributed by atoms with Gasteiger partial charge in [0.15, 0.2) is 0 Å². The monoisotopic (exact) mass is 286 g/mol. The Balaban J connectivity index is 0.00000180. The summed E-state index contributed by atoms with van der Waals surface area (Å²) in [6.07, 6.45) is 2.03. The number of amides is 1. The lowest BCUT2D eigenvalue weighted by Gasteiger charge is -2.24. The number of hydrogen-bond donors (Lipinski definition) is 1. The van der Waals surface area contributed by atoms with Gasteiger partial charge < -0.3 is 10.2 Å². The van der Waals surface area contributed by atoms with E-state index in [2.05, 4.69) is 5.32 Å². The van der Waals surface area contributed by atoms with Crippen LogP contribution >= 0.6 is 12.4 Å². The molecule has 1 aliphatic rings. The molecule has 0 aromatic heterocycles. The van der Waals surface area contributed by atoms with Crippen LogP contribution in [0.4, 0.5) is 4.39 Å². The minimum Gasteiger partial charge on any atom is -0.334 e. The van der Waals surface area contributed by atoms with Crippen LogP contribution in [-0.4, -0.2) is 37.0 Å². The summed E-state index contributed by atoms with van der Waals surface area (Å²) in [4.78, 5) is 14.2. The van der Waals surface area contributed by atoms with Gasteiger partial charge in [0.1, 0.15) is 5.82 Å². The molecule has 1 fully saturated rings. The van der Waals surface area contributed by atoms with Gasteiger partial charge in [-0.15, -0.1) is 12.4 Å². The van der Waals surface area contributed by atoms with Gasteiger partial charge in [0, 0.05) is 24.7 Å². The number of aryl methyl sites for hydroxylation is 1. The number of halogens is 2. The van der Waals surface area contributed by atoms with Crippen molar-refractivity contribution in [3.63, 3.8) is 0 Å². The quantitative estimate of drug-likeness (QED) is 0.925. The molecule has 1 aromatic rings.